The van der Waals surface area contributed by atoms with Crippen molar-refractivity contribution < 1.29 is 14.6 Å². The summed E-state index contributed by atoms with van der Waals surface area (Å²) in [6, 6.07) is 9.49. The van der Waals surface area contributed by atoms with Crippen molar-refractivity contribution in [2.24, 2.45) is 0 Å². The Morgan fingerprint density at radius 3 is 2.58 bits per heavy atom. The number of hydrogen-bond donors (Lipinski definition) is 2. The zero-order valence-corrected chi connectivity index (χ0v) is 12.1. The first-order chi connectivity index (χ1) is 9.03. The molecule has 0 saturated heterocycles. The van der Waals surface area contributed by atoms with E-state index >= 15 is 0 Å². The summed E-state index contributed by atoms with van der Waals surface area (Å²) in [5.41, 5.74) is -0.214. The fourth-order valence-corrected chi connectivity index (χ4v) is 1.75. The normalized spacial score (nSPS) is 13.3. The number of benzene rings is 1. The van der Waals surface area contributed by atoms with Gasteiger partial charge in [0.1, 0.15) is 18.5 Å². The number of ether oxygens (including phenoxy) is 2. The SMILES string of the molecule is CCOC(C)(C)CNCC(O)COc1ccccc1. The molecule has 1 aromatic carbocycles. The van der Waals surface area contributed by atoms with E-state index in [1.54, 1.807) is 0 Å². The lowest BCUT2D eigenvalue weighted by Crippen LogP contribution is -2.41. The van der Waals surface area contributed by atoms with E-state index in [4.69, 9.17) is 9.47 Å². The summed E-state index contributed by atoms with van der Waals surface area (Å²) in [5.74, 6) is 0.774. The van der Waals surface area contributed by atoms with Crippen LogP contribution < -0.4 is 10.1 Å². The van der Waals surface area contributed by atoms with Crippen LogP contribution in [-0.4, -0.2) is 43.1 Å². The first-order valence-electron chi connectivity index (χ1n) is 6.74. The highest BCUT2D eigenvalue weighted by molar-refractivity contribution is 5.20. The molecule has 0 spiro atoms. The topological polar surface area (TPSA) is 50.7 Å². The van der Waals surface area contributed by atoms with Crippen molar-refractivity contribution >= 4 is 0 Å². The second-order valence-corrected chi connectivity index (χ2v) is 5.10. The Balaban J connectivity index is 2.16. The van der Waals surface area contributed by atoms with Gasteiger partial charge in [-0.25, -0.2) is 0 Å². The number of rotatable bonds is 9. The second kappa shape index (κ2) is 8.15. The third-order valence-electron chi connectivity index (χ3n) is 2.65. The zero-order chi connectivity index (χ0) is 14.1. The minimum Gasteiger partial charge on any atom is -0.491 e. The number of aliphatic hydroxyl groups is 1. The van der Waals surface area contributed by atoms with Crippen molar-refractivity contribution in [2.75, 3.05) is 26.3 Å². The smallest absolute Gasteiger partial charge is 0.119 e. The molecule has 0 aromatic heterocycles. The average Bonchev–Trinajstić information content (AvgIpc) is 2.37. The first kappa shape index (κ1) is 16.0. The molecule has 0 saturated carbocycles. The van der Waals surface area contributed by atoms with Crippen LogP contribution in [0.2, 0.25) is 0 Å². The monoisotopic (exact) mass is 267 g/mol. The molecule has 0 bridgehead atoms. The van der Waals surface area contributed by atoms with Gasteiger partial charge in [0.2, 0.25) is 0 Å². The molecule has 0 aliphatic carbocycles. The van der Waals surface area contributed by atoms with E-state index in [1.165, 1.54) is 0 Å². The van der Waals surface area contributed by atoms with Gasteiger partial charge in [0.15, 0.2) is 0 Å². The predicted molar refractivity (Wildman–Crippen MR) is 76.5 cm³/mol. The minimum atomic E-state index is -0.530. The van der Waals surface area contributed by atoms with E-state index in [9.17, 15) is 5.11 Å². The van der Waals surface area contributed by atoms with E-state index in [1.807, 2.05) is 51.1 Å². The molecule has 0 amide bonds. The van der Waals surface area contributed by atoms with Crippen LogP contribution in [0.5, 0.6) is 5.75 Å². The van der Waals surface area contributed by atoms with Crippen molar-refractivity contribution in [3.63, 3.8) is 0 Å². The van der Waals surface area contributed by atoms with Gasteiger partial charge in [0.05, 0.1) is 5.60 Å². The highest BCUT2D eigenvalue weighted by Gasteiger charge is 2.17. The van der Waals surface area contributed by atoms with E-state index in [-0.39, 0.29) is 12.2 Å². The Morgan fingerprint density at radius 1 is 1.26 bits per heavy atom. The van der Waals surface area contributed by atoms with E-state index in [0.29, 0.717) is 19.7 Å². The Labute approximate surface area is 115 Å². The van der Waals surface area contributed by atoms with Crippen LogP contribution in [0, 0.1) is 0 Å². The standard InChI is InChI=1S/C15H25NO3/c1-4-19-15(2,3)12-16-10-13(17)11-18-14-8-6-5-7-9-14/h5-9,13,16-17H,4,10-12H2,1-3H3. The number of nitrogens with one attached hydrogen (secondary N) is 1. The van der Waals surface area contributed by atoms with Gasteiger partial charge in [-0.15, -0.1) is 0 Å². The molecule has 2 N–H and O–H groups in total. The van der Waals surface area contributed by atoms with E-state index in [2.05, 4.69) is 5.32 Å². The lowest BCUT2D eigenvalue weighted by atomic mass is 10.1. The quantitative estimate of drug-likeness (QED) is 0.717. The third kappa shape index (κ3) is 7.15. The Morgan fingerprint density at radius 2 is 1.95 bits per heavy atom. The summed E-state index contributed by atoms with van der Waals surface area (Å²) < 4.78 is 11.0. The van der Waals surface area contributed by atoms with Crippen molar-refractivity contribution in [1.29, 1.82) is 0 Å². The lowest BCUT2D eigenvalue weighted by molar-refractivity contribution is -0.0112. The average molecular weight is 267 g/mol. The highest BCUT2D eigenvalue weighted by Crippen LogP contribution is 2.09. The lowest BCUT2D eigenvalue weighted by Gasteiger charge is -2.25. The van der Waals surface area contributed by atoms with Crippen LogP contribution in [0.15, 0.2) is 30.3 Å². The molecule has 1 atom stereocenters. The molecule has 0 aliphatic rings. The molecule has 108 valence electrons. The molecule has 0 aliphatic heterocycles. The maximum atomic E-state index is 9.81. The van der Waals surface area contributed by atoms with E-state index < -0.39 is 6.10 Å². The molecule has 1 rings (SSSR count). The third-order valence-corrected chi connectivity index (χ3v) is 2.65. The predicted octanol–water partition coefficient (Wildman–Crippen LogP) is 1.83. The van der Waals surface area contributed by atoms with Crippen LogP contribution >= 0.6 is 0 Å². The minimum absolute atomic E-state index is 0.214. The molecule has 1 unspecified atom stereocenters. The van der Waals surface area contributed by atoms with Crippen LogP contribution in [-0.2, 0) is 4.74 Å². The summed E-state index contributed by atoms with van der Waals surface area (Å²) in [4.78, 5) is 0. The van der Waals surface area contributed by atoms with Gasteiger partial charge in [-0.05, 0) is 32.9 Å². The Bertz CT molecular complexity index is 341. The van der Waals surface area contributed by atoms with Crippen LogP contribution in [0.4, 0.5) is 0 Å². The van der Waals surface area contributed by atoms with Crippen LogP contribution in [0.3, 0.4) is 0 Å². The Kier molecular flexibility index (Phi) is 6.84. The molecule has 0 radical (unpaired) electrons. The molecule has 0 fully saturated rings. The maximum Gasteiger partial charge on any atom is 0.119 e. The van der Waals surface area contributed by atoms with Gasteiger partial charge in [-0.1, -0.05) is 18.2 Å². The molecule has 19 heavy (non-hydrogen) atoms. The fraction of sp³-hybridized carbons (Fsp3) is 0.600. The highest BCUT2D eigenvalue weighted by atomic mass is 16.5. The summed E-state index contributed by atoms with van der Waals surface area (Å²) in [5, 5.41) is 13.0. The van der Waals surface area contributed by atoms with Gasteiger partial charge >= 0.3 is 0 Å². The second-order valence-electron chi connectivity index (χ2n) is 5.10. The number of aliphatic hydroxyl groups excluding tert-OH is 1. The Hall–Kier alpha value is -1.10. The molecule has 0 heterocycles. The van der Waals surface area contributed by atoms with Crippen molar-refractivity contribution in [3.8, 4) is 5.75 Å². The van der Waals surface area contributed by atoms with Gasteiger partial charge in [-0.2, -0.15) is 0 Å². The maximum absolute atomic E-state index is 9.81. The van der Waals surface area contributed by atoms with E-state index in [0.717, 1.165) is 5.75 Å². The molecule has 4 nitrogen and oxygen atoms in total. The fourth-order valence-electron chi connectivity index (χ4n) is 1.75. The van der Waals surface area contributed by atoms with Crippen LogP contribution in [0.25, 0.3) is 0 Å². The summed E-state index contributed by atoms with van der Waals surface area (Å²) in [6.07, 6.45) is -0.530. The van der Waals surface area contributed by atoms with Crippen LogP contribution in [0.1, 0.15) is 20.8 Å². The molecular weight excluding hydrogens is 242 g/mol. The molecule has 4 heteroatoms. The molecular formula is C15H25NO3. The summed E-state index contributed by atoms with van der Waals surface area (Å²) in [7, 11) is 0. The largest absolute Gasteiger partial charge is 0.491 e. The zero-order valence-electron chi connectivity index (χ0n) is 12.1. The van der Waals surface area contributed by atoms with Gasteiger partial charge in [-0.3, -0.25) is 0 Å². The molecule has 1 aromatic rings. The van der Waals surface area contributed by atoms with Gasteiger partial charge in [0, 0.05) is 19.7 Å². The summed E-state index contributed by atoms with van der Waals surface area (Å²) in [6.45, 7) is 8.18. The van der Waals surface area contributed by atoms with Crippen molar-refractivity contribution in [1.82, 2.24) is 5.32 Å². The van der Waals surface area contributed by atoms with Crippen molar-refractivity contribution in [3.05, 3.63) is 30.3 Å². The number of para-hydroxylation sites is 1. The number of hydrogen-bond acceptors (Lipinski definition) is 4. The van der Waals surface area contributed by atoms with Gasteiger partial charge < -0.3 is 19.9 Å². The first-order valence-corrected chi connectivity index (χ1v) is 6.74. The van der Waals surface area contributed by atoms with Crippen molar-refractivity contribution in [2.45, 2.75) is 32.5 Å². The van der Waals surface area contributed by atoms with Gasteiger partial charge in [0.25, 0.3) is 0 Å². The summed E-state index contributed by atoms with van der Waals surface area (Å²) >= 11 is 0.